The van der Waals surface area contributed by atoms with Crippen LogP contribution in [0.1, 0.15) is 24.8 Å². The molecule has 0 saturated carbocycles. The molecule has 0 spiro atoms. The minimum Gasteiger partial charge on any atom is -0.378 e. The molecule has 0 aromatic heterocycles. The molecule has 4 nitrogen and oxygen atoms in total. The molecule has 1 aromatic rings. The van der Waals surface area contributed by atoms with Gasteiger partial charge in [0.2, 0.25) is 5.91 Å². The number of halogens is 1. The van der Waals surface area contributed by atoms with Gasteiger partial charge in [-0.2, -0.15) is 0 Å². The van der Waals surface area contributed by atoms with Crippen molar-refractivity contribution >= 4 is 5.91 Å². The highest BCUT2D eigenvalue weighted by Crippen LogP contribution is 2.23. The maximum atomic E-state index is 13.2. The van der Waals surface area contributed by atoms with Crippen molar-refractivity contribution in [2.45, 2.75) is 25.8 Å². The largest absolute Gasteiger partial charge is 0.378 e. The summed E-state index contributed by atoms with van der Waals surface area (Å²) in [6.07, 6.45) is 2.75. The van der Waals surface area contributed by atoms with Gasteiger partial charge in [-0.3, -0.25) is 9.69 Å². The SMILES string of the molecule is O=C(CC1CCN(Cc2cccc(F)c2)CC1)N1CCOCC1. The van der Waals surface area contributed by atoms with Gasteiger partial charge in [0.15, 0.2) is 0 Å². The van der Waals surface area contributed by atoms with Crippen molar-refractivity contribution in [2.24, 2.45) is 5.92 Å². The average molecular weight is 320 g/mol. The van der Waals surface area contributed by atoms with Gasteiger partial charge >= 0.3 is 0 Å². The van der Waals surface area contributed by atoms with Crippen molar-refractivity contribution in [3.05, 3.63) is 35.6 Å². The number of carbonyl (C=O) groups excluding carboxylic acids is 1. The van der Waals surface area contributed by atoms with Gasteiger partial charge in [0, 0.05) is 26.1 Å². The Labute approximate surface area is 137 Å². The summed E-state index contributed by atoms with van der Waals surface area (Å²) in [5, 5.41) is 0. The number of nitrogens with zero attached hydrogens (tertiary/aromatic N) is 2. The maximum Gasteiger partial charge on any atom is 0.223 e. The van der Waals surface area contributed by atoms with Gasteiger partial charge in [-0.25, -0.2) is 4.39 Å². The number of amides is 1. The van der Waals surface area contributed by atoms with Crippen LogP contribution in [0.4, 0.5) is 4.39 Å². The van der Waals surface area contributed by atoms with E-state index in [1.54, 1.807) is 12.1 Å². The first-order chi connectivity index (χ1) is 11.2. The number of ether oxygens (including phenoxy) is 1. The van der Waals surface area contributed by atoms with Crippen LogP contribution in [0.25, 0.3) is 0 Å². The Morgan fingerprint density at radius 3 is 2.61 bits per heavy atom. The molecule has 3 rings (SSSR count). The normalized spacial score (nSPS) is 20.7. The first-order valence-electron chi connectivity index (χ1n) is 8.53. The molecule has 0 radical (unpaired) electrons. The molecule has 126 valence electrons. The first kappa shape index (κ1) is 16.4. The van der Waals surface area contributed by atoms with E-state index < -0.39 is 0 Å². The smallest absolute Gasteiger partial charge is 0.223 e. The Hall–Kier alpha value is -1.46. The lowest BCUT2D eigenvalue weighted by Crippen LogP contribution is -2.42. The number of morpholine rings is 1. The lowest BCUT2D eigenvalue weighted by atomic mass is 9.92. The molecule has 2 heterocycles. The monoisotopic (exact) mass is 320 g/mol. The molecule has 1 aromatic carbocycles. The molecule has 0 unspecified atom stereocenters. The van der Waals surface area contributed by atoms with Gasteiger partial charge in [0.05, 0.1) is 13.2 Å². The molecular formula is C18H25FN2O2. The van der Waals surface area contributed by atoms with Gasteiger partial charge in [0.1, 0.15) is 5.82 Å². The number of hydrogen-bond donors (Lipinski definition) is 0. The summed E-state index contributed by atoms with van der Waals surface area (Å²) in [6.45, 7) is 5.56. The standard InChI is InChI=1S/C18H25FN2O2/c19-17-3-1-2-16(12-17)14-20-6-4-15(5-7-20)13-18(22)21-8-10-23-11-9-21/h1-3,12,15H,4-11,13-14H2. The van der Waals surface area contributed by atoms with Gasteiger partial charge in [0.25, 0.3) is 0 Å². The molecule has 0 N–H and O–H groups in total. The molecule has 1 amide bonds. The molecule has 0 atom stereocenters. The van der Waals surface area contributed by atoms with Gasteiger partial charge in [-0.15, -0.1) is 0 Å². The lowest BCUT2D eigenvalue weighted by Gasteiger charge is -2.33. The maximum absolute atomic E-state index is 13.2. The third-order valence-corrected chi connectivity index (χ3v) is 4.83. The van der Waals surface area contributed by atoms with E-state index in [1.807, 2.05) is 11.0 Å². The first-order valence-corrected chi connectivity index (χ1v) is 8.53. The van der Waals surface area contributed by atoms with Crippen molar-refractivity contribution < 1.29 is 13.9 Å². The highest BCUT2D eigenvalue weighted by Gasteiger charge is 2.24. The molecular weight excluding hydrogens is 295 g/mol. The van der Waals surface area contributed by atoms with Crippen LogP contribution in [0.3, 0.4) is 0 Å². The Morgan fingerprint density at radius 2 is 1.91 bits per heavy atom. The molecule has 5 heteroatoms. The second kappa shape index (κ2) is 7.88. The Bertz CT molecular complexity index is 524. The van der Waals surface area contributed by atoms with Crippen LogP contribution in [0, 0.1) is 11.7 Å². The minimum atomic E-state index is -0.173. The molecule has 23 heavy (non-hydrogen) atoms. The molecule has 0 aliphatic carbocycles. The van der Waals surface area contributed by atoms with Crippen LogP contribution in [-0.2, 0) is 16.1 Å². The van der Waals surface area contributed by atoms with Crippen LogP contribution < -0.4 is 0 Å². The number of carbonyl (C=O) groups is 1. The van der Waals surface area contributed by atoms with Gasteiger partial charge in [-0.05, 0) is 49.5 Å². The van der Waals surface area contributed by atoms with Crippen LogP contribution in [0.2, 0.25) is 0 Å². The van der Waals surface area contributed by atoms with Crippen LogP contribution in [-0.4, -0.2) is 55.1 Å². The average Bonchev–Trinajstić information content (AvgIpc) is 2.57. The van der Waals surface area contributed by atoms with Crippen molar-refractivity contribution in [3.8, 4) is 0 Å². The van der Waals surface area contributed by atoms with E-state index in [0.717, 1.165) is 51.1 Å². The number of likely N-dealkylation sites (tertiary alicyclic amines) is 1. The lowest BCUT2D eigenvalue weighted by molar-refractivity contribution is -0.136. The van der Waals surface area contributed by atoms with Gasteiger partial charge in [-0.1, -0.05) is 12.1 Å². The van der Waals surface area contributed by atoms with Crippen LogP contribution in [0.5, 0.6) is 0 Å². The minimum absolute atomic E-state index is 0.173. The van der Waals surface area contributed by atoms with E-state index in [-0.39, 0.29) is 11.7 Å². The fourth-order valence-electron chi connectivity index (χ4n) is 3.43. The number of rotatable bonds is 4. The second-order valence-electron chi connectivity index (χ2n) is 6.55. The third-order valence-electron chi connectivity index (χ3n) is 4.83. The van der Waals surface area contributed by atoms with E-state index in [9.17, 15) is 9.18 Å². The third kappa shape index (κ3) is 4.75. The number of hydrogen-bond acceptors (Lipinski definition) is 3. The predicted molar refractivity (Wildman–Crippen MR) is 86.4 cm³/mol. The summed E-state index contributed by atoms with van der Waals surface area (Å²) in [4.78, 5) is 16.6. The summed E-state index contributed by atoms with van der Waals surface area (Å²) < 4.78 is 18.5. The zero-order valence-corrected chi connectivity index (χ0v) is 13.5. The Kier molecular flexibility index (Phi) is 5.62. The summed E-state index contributed by atoms with van der Waals surface area (Å²) in [7, 11) is 0. The summed E-state index contributed by atoms with van der Waals surface area (Å²) in [6, 6.07) is 6.82. The molecule has 0 bridgehead atoms. The molecule has 2 aliphatic heterocycles. The zero-order chi connectivity index (χ0) is 16.1. The molecule has 2 saturated heterocycles. The quantitative estimate of drug-likeness (QED) is 0.853. The topological polar surface area (TPSA) is 32.8 Å². The molecule has 2 aliphatic rings. The van der Waals surface area contributed by atoms with E-state index in [1.165, 1.54) is 6.07 Å². The van der Waals surface area contributed by atoms with Crippen molar-refractivity contribution in [1.82, 2.24) is 9.80 Å². The van der Waals surface area contributed by atoms with E-state index in [4.69, 9.17) is 4.74 Å². The highest BCUT2D eigenvalue weighted by atomic mass is 19.1. The van der Waals surface area contributed by atoms with Gasteiger partial charge < -0.3 is 9.64 Å². The van der Waals surface area contributed by atoms with Crippen molar-refractivity contribution in [1.29, 1.82) is 0 Å². The fourth-order valence-corrected chi connectivity index (χ4v) is 3.43. The zero-order valence-electron chi connectivity index (χ0n) is 13.5. The predicted octanol–water partition coefficient (Wildman–Crippen LogP) is 2.29. The summed E-state index contributed by atoms with van der Waals surface area (Å²) in [5.41, 5.74) is 1.02. The summed E-state index contributed by atoms with van der Waals surface area (Å²) >= 11 is 0. The number of benzene rings is 1. The Balaban J connectivity index is 1.42. The van der Waals surface area contributed by atoms with E-state index in [0.29, 0.717) is 25.6 Å². The fraction of sp³-hybridized carbons (Fsp3) is 0.611. The van der Waals surface area contributed by atoms with Crippen molar-refractivity contribution in [2.75, 3.05) is 39.4 Å². The Morgan fingerprint density at radius 1 is 1.17 bits per heavy atom. The van der Waals surface area contributed by atoms with Crippen LogP contribution >= 0.6 is 0 Å². The second-order valence-corrected chi connectivity index (χ2v) is 6.55. The molecule has 2 fully saturated rings. The van der Waals surface area contributed by atoms with Crippen molar-refractivity contribution in [3.63, 3.8) is 0 Å². The van der Waals surface area contributed by atoms with E-state index >= 15 is 0 Å². The van der Waals surface area contributed by atoms with Crippen LogP contribution in [0.15, 0.2) is 24.3 Å². The van der Waals surface area contributed by atoms with E-state index in [2.05, 4.69) is 4.90 Å². The summed E-state index contributed by atoms with van der Waals surface area (Å²) in [5.74, 6) is 0.583. The highest BCUT2D eigenvalue weighted by molar-refractivity contribution is 5.76. The number of piperidine rings is 1.